The predicted octanol–water partition coefficient (Wildman–Crippen LogP) is 10.8. The standard InChI is InChI=1S/C34H39N3.2CH3.Hf/c1-22(2)27-14-10-15-28(23(3)4)34(27)35-21-26-13-9-18-31(36-26)29-16-8-12-25-19-20-32(33(25)29)37-30-17-7-6-11-24(30)5;;;/h6-18,22-23,25,32-33H,19-21H2,1-5H3;2*1H3;/q-2;2*-1;. The van der Waals surface area contributed by atoms with Crippen LogP contribution in [0.25, 0.3) is 16.2 Å². The van der Waals surface area contributed by atoms with Crippen molar-refractivity contribution in [1.82, 2.24) is 4.98 Å². The molecule has 0 spiro atoms. The second-order valence-corrected chi connectivity index (χ2v) is 11.2. The second-order valence-electron chi connectivity index (χ2n) is 11.2. The minimum Gasteiger partial charge on any atom is -0.681 e. The third-order valence-corrected chi connectivity index (χ3v) is 7.93. The van der Waals surface area contributed by atoms with Crippen LogP contribution in [0.1, 0.15) is 80.5 Å². The molecule has 2 aromatic carbocycles. The van der Waals surface area contributed by atoms with E-state index >= 15 is 0 Å². The van der Waals surface area contributed by atoms with Crippen LogP contribution in [0.3, 0.4) is 0 Å². The summed E-state index contributed by atoms with van der Waals surface area (Å²) >= 11 is 0. The molecule has 2 aliphatic carbocycles. The van der Waals surface area contributed by atoms with Gasteiger partial charge in [0.05, 0.1) is 5.69 Å². The Morgan fingerprint density at radius 3 is 2.20 bits per heavy atom. The fraction of sp³-hybridized carbons (Fsp3) is 0.361. The summed E-state index contributed by atoms with van der Waals surface area (Å²) < 4.78 is 0. The van der Waals surface area contributed by atoms with E-state index in [1.54, 1.807) is 0 Å². The smallest absolute Gasteiger partial charge is 0.0666 e. The van der Waals surface area contributed by atoms with Crippen molar-refractivity contribution in [3.8, 4) is 0 Å². The van der Waals surface area contributed by atoms with Crippen molar-refractivity contribution >= 4 is 16.9 Å². The van der Waals surface area contributed by atoms with Crippen LogP contribution >= 0.6 is 0 Å². The molecule has 0 aliphatic heterocycles. The van der Waals surface area contributed by atoms with Crippen molar-refractivity contribution in [3.63, 3.8) is 0 Å². The molecule has 0 radical (unpaired) electrons. The number of nitrogens with zero attached hydrogens (tertiary/aromatic N) is 3. The van der Waals surface area contributed by atoms with Gasteiger partial charge in [0.15, 0.2) is 0 Å². The number of para-hydroxylation sites is 2. The Morgan fingerprint density at radius 1 is 0.850 bits per heavy atom. The van der Waals surface area contributed by atoms with Gasteiger partial charge in [0.25, 0.3) is 0 Å². The van der Waals surface area contributed by atoms with Gasteiger partial charge in [-0.2, -0.15) is 0 Å². The van der Waals surface area contributed by atoms with E-state index in [4.69, 9.17) is 15.6 Å². The Hall–Kier alpha value is -2.46. The van der Waals surface area contributed by atoms with E-state index in [2.05, 4.69) is 114 Å². The van der Waals surface area contributed by atoms with Gasteiger partial charge >= 0.3 is 0 Å². The van der Waals surface area contributed by atoms with Crippen molar-refractivity contribution in [1.29, 1.82) is 0 Å². The maximum absolute atomic E-state index is 5.25. The van der Waals surface area contributed by atoms with Gasteiger partial charge in [-0.1, -0.05) is 124 Å². The van der Waals surface area contributed by atoms with Gasteiger partial charge in [-0.3, -0.25) is 4.98 Å². The van der Waals surface area contributed by atoms with Crippen molar-refractivity contribution in [2.45, 2.75) is 71.9 Å². The van der Waals surface area contributed by atoms with Crippen LogP contribution in [-0.4, -0.2) is 11.0 Å². The van der Waals surface area contributed by atoms with E-state index in [0.717, 1.165) is 29.2 Å². The Morgan fingerprint density at radius 2 is 1.52 bits per heavy atom. The molecule has 3 atom stereocenters. The maximum Gasteiger partial charge on any atom is 0.0666 e. The number of fused-ring (bicyclic) bond motifs is 1. The molecule has 0 N–H and O–H groups in total. The van der Waals surface area contributed by atoms with Gasteiger partial charge < -0.3 is 25.5 Å². The number of pyridine rings is 1. The predicted molar refractivity (Wildman–Crippen MR) is 170 cm³/mol. The zero-order valence-corrected chi connectivity index (χ0v) is 28.9. The van der Waals surface area contributed by atoms with E-state index in [1.165, 1.54) is 28.7 Å². The molecule has 4 heteroatoms. The summed E-state index contributed by atoms with van der Waals surface area (Å²) in [6.45, 7) is 11.7. The quantitative estimate of drug-likeness (QED) is 0.171. The summed E-state index contributed by atoms with van der Waals surface area (Å²) in [4.78, 5) is 5.14. The Labute approximate surface area is 262 Å². The minimum absolute atomic E-state index is 0. The molecule has 5 rings (SSSR count). The molecular weight excluding hydrogens is 653 g/mol. The van der Waals surface area contributed by atoms with Gasteiger partial charge in [-0.05, 0) is 54.7 Å². The number of aryl methyl sites for hydroxylation is 1. The van der Waals surface area contributed by atoms with Crippen LogP contribution in [0.2, 0.25) is 0 Å². The van der Waals surface area contributed by atoms with Crippen molar-refractivity contribution in [3.05, 3.63) is 132 Å². The van der Waals surface area contributed by atoms with Gasteiger partial charge in [-0.15, -0.1) is 17.4 Å². The van der Waals surface area contributed by atoms with Gasteiger partial charge in [0.2, 0.25) is 0 Å². The molecule has 1 aromatic heterocycles. The average Bonchev–Trinajstić information content (AvgIpc) is 3.31. The first kappa shape index (κ1) is 33.7. The third-order valence-electron chi connectivity index (χ3n) is 7.93. The van der Waals surface area contributed by atoms with E-state index in [0.29, 0.717) is 30.2 Å². The molecule has 0 amide bonds. The summed E-state index contributed by atoms with van der Waals surface area (Å²) in [6, 6.07) is 21.8. The van der Waals surface area contributed by atoms with Crippen LogP contribution in [0, 0.1) is 33.6 Å². The molecule has 1 fully saturated rings. The van der Waals surface area contributed by atoms with Crippen LogP contribution in [-0.2, 0) is 32.4 Å². The van der Waals surface area contributed by atoms with E-state index in [9.17, 15) is 0 Å². The van der Waals surface area contributed by atoms with E-state index < -0.39 is 0 Å². The molecule has 1 heterocycles. The zero-order chi connectivity index (χ0) is 25.9. The maximum atomic E-state index is 5.25. The second kappa shape index (κ2) is 15.0. The Kier molecular flexibility index (Phi) is 12.6. The Balaban J connectivity index is 0.00000187. The van der Waals surface area contributed by atoms with Crippen molar-refractivity contribution in [2.75, 3.05) is 0 Å². The summed E-state index contributed by atoms with van der Waals surface area (Å²) in [5.74, 6) is 1.77. The van der Waals surface area contributed by atoms with Crippen LogP contribution in [0.15, 0.2) is 78.9 Å². The van der Waals surface area contributed by atoms with Crippen molar-refractivity contribution < 1.29 is 25.8 Å². The molecule has 3 unspecified atom stereocenters. The molecule has 1 saturated carbocycles. The first-order valence-corrected chi connectivity index (χ1v) is 13.8. The van der Waals surface area contributed by atoms with E-state index in [1.807, 2.05) is 0 Å². The van der Waals surface area contributed by atoms with Crippen molar-refractivity contribution in [2.24, 2.45) is 11.8 Å². The average molecular weight is 698 g/mol. The summed E-state index contributed by atoms with van der Waals surface area (Å²) in [5, 5.41) is 10.4. The third kappa shape index (κ3) is 7.24. The summed E-state index contributed by atoms with van der Waals surface area (Å²) in [5.41, 5.74) is 9.55. The fourth-order valence-corrected chi connectivity index (χ4v) is 5.95. The molecule has 0 bridgehead atoms. The topological polar surface area (TPSA) is 41.1 Å². The fourth-order valence-electron chi connectivity index (χ4n) is 5.95. The largest absolute Gasteiger partial charge is 0.681 e. The molecule has 3 aromatic rings. The summed E-state index contributed by atoms with van der Waals surface area (Å²) in [7, 11) is 0. The molecule has 0 saturated heterocycles. The number of allylic oxidation sites excluding steroid dienone is 3. The number of hydrogen-bond donors (Lipinski definition) is 0. The number of hydrogen-bond acceptors (Lipinski definition) is 1. The zero-order valence-electron chi connectivity index (χ0n) is 25.4. The molecule has 3 nitrogen and oxygen atoms in total. The minimum atomic E-state index is 0. The Bertz CT molecular complexity index is 1280. The number of aromatic nitrogens is 1. The molecule has 2 aliphatic rings. The summed E-state index contributed by atoms with van der Waals surface area (Å²) in [6.07, 6.45) is 9.15. The normalized spacial score (nSPS) is 19.2. The van der Waals surface area contributed by atoms with Gasteiger partial charge in [0.1, 0.15) is 0 Å². The first-order valence-electron chi connectivity index (χ1n) is 13.8. The number of benzene rings is 2. The SMILES string of the molecule is Cc1ccccc1[N-]C1CCC2C=CC=C(c3cccc(C[N-]c4c(C(C)C)cccc4C(C)C)n3)C21.[CH3-].[CH3-].[Hf]. The van der Waals surface area contributed by atoms with Crippen LogP contribution < -0.4 is 0 Å². The van der Waals surface area contributed by atoms with Gasteiger partial charge in [0, 0.05) is 31.5 Å². The monoisotopic (exact) mass is 699 g/mol. The van der Waals surface area contributed by atoms with Crippen LogP contribution in [0.5, 0.6) is 0 Å². The molecular formula is C36H45HfN3-4. The van der Waals surface area contributed by atoms with E-state index in [-0.39, 0.29) is 46.7 Å². The number of rotatable bonds is 8. The molecule has 40 heavy (non-hydrogen) atoms. The van der Waals surface area contributed by atoms with Crippen LogP contribution in [0.4, 0.5) is 11.4 Å². The first-order chi connectivity index (χ1) is 17.9. The molecule has 212 valence electrons. The van der Waals surface area contributed by atoms with Gasteiger partial charge in [-0.25, -0.2) is 0 Å².